The van der Waals surface area contributed by atoms with E-state index in [-0.39, 0.29) is 31.1 Å². The van der Waals surface area contributed by atoms with E-state index in [9.17, 15) is 24.3 Å². The number of aromatic hydroxyl groups is 1. The quantitative estimate of drug-likeness (QED) is 0.119. The molecule has 11 nitrogen and oxygen atoms in total. The first-order chi connectivity index (χ1) is 23.8. The molecule has 3 aromatic carbocycles. The summed E-state index contributed by atoms with van der Waals surface area (Å²) in [5.41, 5.74) is 1.90. The number of carbonyl (C=O) groups is 4. The zero-order valence-electron chi connectivity index (χ0n) is 29.7. The number of benzene rings is 3. The average molecular weight is 689 g/mol. The van der Waals surface area contributed by atoms with Crippen molar-refractivity contribution in [3.63, 3.8) is 0 Å². The molecule has 4 amide bonds. The van der Waals surface area contributed by atoms with Crippen LogP contribution < -0.4 is 21.3 Å². The summed E-state index contributed by atoms with van der Waals surface area (Å²) in [5.74, 6) is -1.64. The highest BCUT2D eigenvalue weighted by Gasteiger charge is 2.31. The maximum atomic E-state index is 13.8. The maximum absolute atomic E-state index is 13.8. The minimum Gasteiger partial charge on any atom is -0.508 e. The Labute approximate surface area is 295 Å². The van der Waals surface area contributed by atoms with E-state index in [1.807, 2.05) is 74.5 Å². The molecule has 0 aliphatic carbocycles. The number of imide groups is 1. The van der Waals surface area contributed by atoms with Crippen molar-refractivity contribution in [2.75, 3.05) is 13.2 Å². The third-order valence-electron chi connectivity index (χ3n) is 7.60. The number of alkyl carbamates (subject to hydrolysis) is 1. The Morgan fingerprint density at radius 3 is 1.92 bits per heavy atom. The van der Waals surface area contributed by atoms with Gasteiger partial charge in [0, 0.05) is 19.4 Å². The largest absolute Gasteiger partial charge is 0.508 e. The summed E-state index contributed by atoms with van der Waals surface area (Å²) in [6.45, 7) is 10.1. The number of hydrogen-bond acceptors (Lipinski definition) is 8. The second-order valence-electron chi connectivity index (χ2n) is 13.7. The fraction of sp³-hybridized carbons (Fsp3) is 0.436. The van der Waals surface area contributed by atoms with E-state index >= 15 is 0 Å². The Morgan fingerprint density at radius 1 is 0.720 bits per heavy atom. The van der Waals surface area contributed by atoms with Crippen LogP contribution in [0.4, 0.5) is 4.79 Å². The molecule has 11 heteroatoms. The number of nitrogens with one attached hydrogen (secondary N) is 4. The summed E-state index contributed by atoms with van der Waals surface area (Å²) in [6, 6.07) is 22.7. The maximum Gasteiger partial charge on any atom is 0.408 e. The molecule has 0 saturated heterocycles. The molecule has 0 aliphatic heterocycles. The minimum atomic E-state index is -1.19. The molecule has 0 bridgehead atoms. The molecule has 0 saturated carbocycles. The number of amides is 4. The zero-order chi connectivity index (χ0) is 36.5. The third-order valence-corrected chi connectivity index (χ3v) is 7.60. The fourth-order valence-corrected chi connectivity index (χ4v) is 5.12. The first kappa shape index (κ1) is 39.7. The van der Waals surface area contributed by atoms with Crippen LogP contribution in [0.2, 0.25) is 0 Å². The Morgan fingerprint density at radius 2 is 1.32 bits per heavy atom. The molecule has 3 rings (SSSR count). The second-order valence-corrected chi connectivity index (χ2v) is 13.7. The summed E-state index contributed by atoms with van der Waals surface area (Å²) >= 11 is 0. The van der Waals surface area contributed by atoms with Crippen molar-refractivity contribution >= 4 is 23.8 Å². The van der Waals surface area contributed by atoms with Gasteiger partial charge in [-0.1, -0.05) is 86.6 Å². The molecule has 5 N–H and O–H groups in total. The SMILES string of the molecule is CC(C)C[C@H](NCCc1ccccc1)C(=O)NC(=O)[C@H](Cc1ccc(O)cc1)NC(=O)C(CCOCc1ccccc1)NC(=O)OC(C)(C)C. The third kappa shape index (κ3) is 15.2. The van der Waals surface area contributed by atoms with Crippen molar-refractivity contribution in [2.24, 2.45) is 5.92 Å². The topological polar surface area (TPSA) is 155 Å². The molecule has 1 unspecified atom stereocenters. The number of phenolic OH excluding ortho intramolecular Hbond substituents is 1. The van der Waals surface area contributed by atoms with Gasteiger partial charge in [-0.3, -0.25) is 19.7 Å². The van der Waals surface area contributed by atoms with Crippen molar-refractivity contribution in [2.45, 2.75) is 90.6 Å². The zero-order valence-corrected chi connectivity index (χ0v) is 29.7. The molecule has 3 atom stereocenters. The van der Waals surface area contributed by atoms with Crippen molar-refractivity contribution in [1.82, 2.24) is 21.3 Å². The van der Waals surface area contributed by atoms with Gasteiger partial charge in [-0.25, -0.2) is 4.79 Å². The van der Waals surface area contributed by atoms with Crippen LogP contribution in [0.15, 0.2) is 84.9 Å². The number of rotatable bonds is 18. The van der Waals surface area contributed by atoms with Crippen molar-refractivity contribution in [3.8, 4) is 5.75 Å². The smallest absolute Gasteiger partial charge is 0.408 e. The molecule has 0 aromatic heterocycles. The average Bonchev–Trinajstić information content (AvgIpc) is 3.06. The van der Waals surface area contributed by atoms with Crippen molar-refractivity contribution in [3.05, 3.63) is 102 Å². The van der Waals surface area contributed by atoms with Gasteiger partial charge >= 0.3 is 6.09 Å². The van der Waals surface area contributed by atoms with Gasteiger partial charge in [0.15, 0.2) is 0 Å². The monoisotopic (exact) mass is 688 g/mol. The summed E-state index contributed by atoms with van der Waals surface area (Å²) < 4.78 is 11.2. The van der Waals surface area contributed by atoms with Gasteiger partial charge in [-0.15, -0.1) is 0 Å². The van der Waals surface area contributed by atoms with Gasteiger partial charge in [0.1, 0.15) is 23.4 Å². The first-order valence-electron chi connectivity index (χ1n) is 17.1. The van der Waals surface area contributed by atoms with Crippen LogP contribution in [0.5, 0.6) is 5.75 Å². The normalized spacial score (nSPS) is 13.2. The summed E-state index contributed by atoms with van der Waals surface area (Å²) in [5, 5.41) is 20.9. The van der Waals surface area contributed by atoms with Crippen LogP contribution in [0.3, 0.4) is 0 Å². The van der Waals surface area contributed by atoms with E-state index in [0.29, 0.717) is 31.6 Å². The molecule has 0 fully saturated rings. The number of hydrogen-bond donors (Lipinski definition) is 5. The molecular weight excluding hydrogens is 636 g/mol. The molecule has 0 aliphatic rings. The summed E-state index contributed by atoms with van der Waals surface area (Å²) in [7, 11) is 0. The van der Waals surface area contributed by atoms with Gasteiger partial charge in [0.25, 0.3) is 0 Å². The van der Waals surface area contributed by atoms with Crippen LogP contribution in [0.25, 0.3) is 0 Å². The lowest BCUT2D eigenvalue weighted by atomic mass is 10.0. The van der Waals surface area contributed by atoms with E-state index in [1.54, 1.807) is 32.9 Å². The van der Waals surface area contributed by atoms with Crippen molar-refractivity contribution < 1.29 is 33.8 Å². The van der Waals surface area contributed by atoms with E-state index in [1.165, 1.54) is 12.1 Å². The van der Waals surface area contributed by atoms with Crippen LogP contribution in [-0.4, -0.2) is 65.8 Å². The van der Waals surface area contributed by atoms with Gasteiger partial charge in [0.05, 0.1) is 12.6 Å². The summed E-state index contributed by atoms with van der Waals surface area (Å²) in [6.07, 6.45) is 0.510. The highest BCUT2D eigenvalue weighted by molar-refractivity contribution is 6.01. The lowest BCUT2D eigenvalue weighted by Gasteiger charge is -2.26. The van der Waals surface area contributed by atoms with E-state index in [0.717, 1.165) is 11.1 Å². The number of ether oxygens (including phenoxy) is 2. The Kier molecular flexibility index (Phi) is 15.9. The number of phenols is 1. The van der Waals surface area contributed by atoms with Crippen LogP contribution in [0.1, 0.15) is 64.2 Å². The minimum absolute atomic E-state index is 0.0189. The van der Waals surface area contributed by atoms with E-state index < -0.39 is 47.5 Å². The Hall–Kier alpha value is -4.74. The van der Waals surface area contributed by atoms with Gasteiger partial charge in [0.2, 0.25) is 17.7 Å². The first-order valence-corrected chi connectivity index (χ1v) is 17.1. The Balaban J connectivity index is 1.75. The standard InChI is InChI=1S/C39H52N4O7/c1-27(2)24-33(40-22-20-28-12-8-6-9-13-28)36(46)43-37(47)34(25-29-16-18-31(44)19-17-29)41-35(45)32(42-38(48)50-39(3,4)5)21-23-49-26-30-14-10-7-11-15-30/h6-19,27,32-34,40,44H,20-26H2,1-5H3,(H,41,45)(H,42,48)(H,43,46,47)/t32?,33-,34-/m0/s1. The van der Waals surface area contributed by atoms with Crippen LogP contribution in [0, 0.1) is 5.92 Å². The fourth-order valence-electron chi connectivity index (χ4n) is 5.12. The molecule has 3 aromatic rings. The molecular formula is C39H52N4O7. The molecule has 50 heavy (non-hydrogen) atoms. The van der Waals surface area contributed by atoms with Gasteiger partial charge in [-0.05, 0) is 74.9 Å². The van der Waals surface area contributed by atoms with Gasteiger partial charge in [-0.2, -0.15) is 0 Å². The summed E-state index contributed by atoms with van der Waals surface area (Å²) in [4.78, 5) is 53.7. The second kappa shape index (κ2) is 20.1. The lowest BCUT2D eigenvalue weighted by Crippen LogP contribution is -2.57. The van der Waals surface area contributed by atoms with Crippen LogP contribution in [-0.2, 0) is 43.3 Å². The van der Waals surface area contributed by atoms with Gasteiger partial charge < -0.3 is 30.5 Å². The van der Waals surface area contributed by atoms with E-state index in [2.05, 4.69) is 21.3 Å². The highest BCUT2D eigenvalue weighted by atomic mass is 16.6. The highest BCUT2D eigenvalue weighted by Crippen LogP contribution is 2.13. The Bertz CT molecular complexity index is 1490. The predicted molar refractivity (Wildman–Crippen MR) is 192 cm³/mol. The number of carbonyl (C=O) groups excluding carboxylic acids is 4. The van der Waals surface area contributed by atoms with E-state index in [4.69, 9.17) is 9.47 Å². The molecule has 0 radical (unpaired) electrons. The lowest BCUT2D eigenvalue weighted by molar-refractivity contribution is -0.135. The van der Waals surface area contributed by atoms with Crippen molar-refractivity contribution in [1.29, 1.82) is 0 Å². The molecule has 0 spiro atoms. The predicted octanol–water partition coefficient (Wildman–Crippen LogP) is 4.81. The van der Waals surface area contributed by atoms with Crippen LogP contribution >= 0.6 is 0 Å². The molecule has 270 valence electrons. The molecule has 0 heterocycles.